The first kappa shape index (κ1) is 18.5. The Kier molecular flexibility index (Phi) is 6.10. The highest BCUT2D eigenvalue weighted by atomic mass is 16.5. The van der Waals surface area contributed by atoms with E-state index in [9.17, 15) is 9.90 Å². The summed E-state index contributed by atoms with van der Waals surface area (Å²) >= 11 is 0. The Labute approximate surface area is 159 Å². The van der Waals surface area contributed by atoms with Crippen LogP contribution in [0.25, 0.3) is 0 Å². The molecule has 0 unspecified atom stereocenters. The van der Waals surface area contributed by atoms with E-state index in [1.165, 1.54) is 0 Å². The highest BCUT2D eigenvalue weighted by Gasteiger charge is 2.17. The van der Waals surface area contributed by atoms with Gasteiger partial charge >= 0.3 is 5.97 Å². The predicted molar refractivity (Wildman–Crippen MR) is 104 cm³/mol. The molecule has 0 aromatic heterocycles. The zero-order chi connectivity index (χ0) is 19.1. The molecule has 0 aliphatic carbocycles. The largest absolute Gasteiger partial charge is 0.488 e. The minimum atomic E-state index is -1.01. The maximum atomic E-state index is 11.7. The molecule has 4 heteroatoms. The second-order valence-electron chi connectivity index (χ2n) is 6.16. The second kappa shape index (κ2) is 8.90. The lowest BCUT2D eigenvalue weighted by atomic mass is 10.1. The first-order valence-corrected chi connectivity index (χ1v) is 8.91. The molecule has 0 aliphatic heterocycles. The van der Waals surface area contributed by atoms with Gasteiger partial charge in [0, 0.05) is 6.07 Å². The molecule has 3 aromatic rings. The van der Waals surface area contributed by atoms with Gasteiger partial charge in [-0.25, -0.2) is 4.79 Å². The van der Waals surface area contributed by atoms with Crippen LogP contribution in [-0.2, 0) is 19.6 Å². The Balaban J connectivity index is 1.84. The van der Waals surface area contributed by atoms with Gasteiger partial charge in [-0.15, -0.1) is 0 Å². The summed E-state index contributed by atoms with van der Waals surface area (Å²) in [5.41, 5.74) is 3.01. The number of benzene rings is 3. The Morgan fingerprint density at radius 3 is 1.81 bits per heavy atom. The zero-order valence-electron chi connectivity index (χ0n) is 15.2. The molecule has 3 rings (SSSR count). The number of carboxylic acid groups (broad SMARTS) is 1. The van der Waals surface area contributed by atoms with E-state index in [0.717, 1.165) is 16.7 Å². The molecule has 27 heavy (non-hydrogen) atoms. The van der Waals surface area contributed by atoms with Gasteiger partial charge < -0.3 is 14.6 Å². The van der Waals surface area contributed by atoms with Crippen LogP contribution in [0, 0.1) is 0 Å². The van der Waals surface area contributed by atoms with Crippen molar-refractivity contribution in [3.05, 3.63) is 95.1 Å². The summed E-state index contributed by atoms with van der Waals surface area (Å²) < 4.78 is 11.8. The zero-order valence-corrected chi connectivity index (χ0v) is 15.2. The van der Waals surface area contributed by atoms with Crippen molar-refractivity contribution in [1.82, 2.24) is 0 Å². The number of aromatic carboxylic acids is 1. The molecule has 0 aliphatic rings. The summed E-state index contributed by atoms with van der Waals surface area (Å²) in [5.74, 6) is -0.0524. The van der Waals surface area contributed by atoms with Crippen LogP contribution in [-0.4, -0.2) is 11.1 Å². The van der Waals surface area contributed by atoms with Crippen molar-refractivity contribution >= 4 is 5.97 Å². The van der Waals surface area contributed by atoms with Gasteiger partial charge in [0.25, 0.3) is 0 Å². The maximum absolute atomic E-state index is 11.7. The van der Waals surface area contributed by atoms with E-state index < -0.39 is 5.97 Å². The van der Waals surface area contributed by atoms with Crippen LogP contribution in [0.1, 0.15) is 34.0 Å². The number of ether oxygens (including phenoxy) is 2. The minimum Gasteiger partial charge on any atom is -0.488 e. The predicted octanol–water partition coefficient (Wildman–Crippen LogP) is 5.11. The van der Waals surface area contributed by atoms with Gasteiger partial charge in [-0.3, -0.25) is 0 Å². The van der Waals surface area contributed by atoms with Crippen LogP contribution < -0.4 is 9.47 Å². The topological polar surface area (TPSA) is 55.8 Å². The molecule has 0 saturated carbocycles. The smallest absolute Gasteiger partial charge is 0.339 e. The monoisotopic (exact) mass is 362 g/mol. The van der Waals surface area contributed by atoms with Crippen molar-refractivity contribution in [1.29, 1.82) is 0 Å². The van der Waals surface area contributed by atoms with Crippen LogP contribution in [0.5, 0.6) is 11.5 Å². The van der Waals surface area contributed by atoms with Crippen molar-refractivity contribution in [2.24, 2.45) is 0 Å². The van der Waals surface area contributed by atoms with E-state index in [1.807, 2.05) is 67.6 Å². The molecule has 0 bridgehead atoms. The fourth-order valence-corrected chi connectivity index (χ4v) is 2.77. The quantitative estimate of drug-likeness (QED) is 0.605. The summed E-state index contributed by atoms with van der Waals surface area (Å²) in [7, 11) is 0. The lowest BCUT2D eigenvalue weighted by Crippen LogP contribution is -2.06. The number of carbonyl (C=O) groups is 1. The number of rotatable bonds is 8. The summed E-state index contributed by atoms with van der Waals surface area (Å²) in [6, 6.07) is 22.8. The Morgan fingerprint density at radius 2 is 1.33 bits per heavy atom. The molecular formula is C23H22O4. The van der Waals surface area contributed by atoms with E-state index in [2.05, 4.69) is 0 Å². The van der Waals surface area contributed by atoms with E-state index in [1.54, 1.807) is 12.1 Å². The third-order valence-corrected chi connectivity index (χ3v) is 4.25. The standard InChI is InChI=1S/C23H22O4/c1-2-19-13-20(23(24)25)22(27-16-18-11-7-4-8-12-18)14-21(19)26-15-17-9-5-3-6-10-17/h3-14H,2,15-16H2,1H3,(H,24,25). The van der Waals surface area contributed by atoms with Gasteiger partial charge in [-0.1, -0.05) is 67.6 Å². The molecule has 4 nitrogen and oxygen atoms in total. The van der Waals surface area contributed by atoms with Gasteiger partial charge in [0.05, 0.1) is 0 Å². The average molecular weight is 362 g/mol. The van der Waals surface area contributed by atoms with Crippen LogP contribution in [0.3, 0.4) is 0 Å². The van der Waals surface area contributed by atoms with Crippen molar-refractivity contribution in [3.8, 4) is 11.5 Å². The fourth-order valence-electron chi connectivity index (χ4n) is 2.77. The van der Waals surface area contributed by atoms with Crippen LogP contribution in [0.4, 0.5) is 0 Å². The molecule has 0 heterocycles. The maximum Gasteiger partial charge on any atom is 0.339 e. The Hall–Kier alpha value is -3.27. The number of hydrogen-bond donors (Lipinski definition) is 1. The van der Waals surface area contributed by atoms with Gasteiger partial charge in [0.15, 0.2) is 0 Å². The lowest BCUT2D eigenvalue weighted by Gasteiger charge is -2.16. The van der Waals surface area contributed by atoms with E-state index >= 15 is 0 Å². The molecule has 0 amide bonds. The summed E-state index contributed by atoms with van der Waals surface area (Å²) in [6.45, 7) is 2.68. The van der Waals surface area contributed by atoms with Crippen molar-refractivity contribution < 1.29 is 19.4 Å². The minimum absolute atomic E-state index is 0.148. The Morgan fingerprint density at radius 1 is 0.815 bits per heavy atom. The molecule has 0 saturated heterocycles. The molecule has 3 aromatic carbocycles. The van der Waals surface area contributed by atoms with Crippen molar-refractivity contribution in [2.75, 3.05) is 0 Å². The van der Waals surface area contributed by atoms with E-state index in [-0.39, 0.29) is 5.56 Å². The first-order valence-electron chi connectivity index (χ1n) is 8.91. The second-order valence-corrected chi connectivity index (χ2v) is 6.16. The van der Waals surface area contributed by atoms with Gasteiger partial charge in [-0.2, -0.15) is 0 Å². The van der Waals surface area contributed by atoms with Crippen LogP contribution >= 0.6 is 0 Å². The summed E-state index contributed by atoms with van der Waals surface area (Å²) in [4.78, 5) is 11.7. The molecule has 0 atom stereocenters. The molecule has 138 valence electrons. The Bertz CT molecular complexity index is 889. The van der Waals surface area contributed by atoms with Crippen molar-refractivity contribution in [3.63, 3.8) is 0 Å². The lowest BCUT2D eigenvalue weighted by molar-refractivity contribution is 0.0691. The molecule has 0 radical (unpaired) electrons. The normalized spacial score (nSPS) is 10.4. The molecular weight excluding hydrogens is 340 g/mol. The number of hydrogen-bond acceptors (Lipinski definition) is 3. The first-order chi connectivity index (χ1) is 13.2. The number of aryl methyl sites for hydroxylation is 1. The van der Waals surface area contributed by atoms with Crippen LogP contribution in [0.15, 0.2) is 72.8 Å². The highest BCUT2D eigenvalue weighted by molar-refractivity contribution is 5.91. The van der Waals surface area contributed by atoms with Gasteiger partial charge in [-0.05, 0) is 29.2 Å². The third-order valence-electron chi connectivity index (χ3n) is 4.25. The van der Waals surface area contributed by atoms with Crippen molar-refractivity contribution in [2.45, 2.75) is 26.6 Å². The number of carboxylic acids is 1. The summed E-state index contributed by atoms with van der Waals surface area (Å²) in [5, 5.41) is 9.56. The fraction of sp³-hybridized carbons (Fsp3) is 0.174. The molecule has 1 N–H and O–H groups in total. The SMILES string of the molecule is CCc1cc(C(=O)O)c(OCc2ccccc2)cc1OCc1ccccc1. The average Bonchev–Trinajstić information content (AvgIpc) is 2.71. The highest BCUT2D eigenvalue weighted by Crippen LogP contribution is 2.31. The summed E-state index contributed by atoms with van der Waals surface area (Å²) in [6.07, 6.45) is 0.670. The molecule has 0 spiro atoms. The van der Waals surface area contributed by atoms with E-state index in [0.29, 0.717) is 31.1 Å². The third kappa shape index (κ3) is 4.88. The van der Waals surface area contributed by atoms with Gasteiger partial charge in [0.2, 0.25) is 0 Å². The van der Waals surface area contributed by atoms with E-state index in [4.69, 9.17) is 9.47 Å². The van der Waals surface area contributed by atoms with Gasteiger partial charge in [0.1, 0.15) is 30.3 Å². The van der Waals surface area contributed by atoms with Crippen LogP contribution in [0.2, 0.25) is 0 Å². The molecule has 0 fully saturated rings.